The normalized spacial score (nSPS) is 28.0. The van der Waals surface area contributed by atoms with Crippen LogP contribution in [0, 0.1) is 40.8 Å². The molecule has 6 atom stereocenters. The summed E-state index contributed by atoms with van der Waals surface area (Å²) in [6.45, 7) is 4.50. The van der Waals surface area contributed by atoms with E-state index in [1.807, 2.05) is 24.3 Å². The molecule has 3 aliphatic heterocycles. The molecule has 8 rings (SSSR count). The van der Waals surface area contributed by atoms with Crippen LogP contribution in [0.1, 0.15) is 25.3 Å². The number of amides is 4. The number of carbonyl (C=O) groups excluding carboxylic acids is 4. The van der Waals surface area contributed by atoms with Gasteiger partial charge in [-0.3, -0.25) is 24.1 Å². The van der Waals surface area contributed by atoms with E-state index in [2.05, 4.69) is 4.90 Å². The number of benzene rings is 3. The zero-order chi connectivity index (χ0) is 38.1. The summed E-state index contributed by atoms with van der Waals surface area (Å²) in [5.74, 6) is -5.55. The molecule has 1 saturated carbocycles. The van der Waals surface area contributed by atoms with Crippen LogP contribution in [0.25, 0.3) is 6.08 Å². The Kier molecular flexibility index (Phi) is 9.01. The first-order valence-corrected chi connectivity index (χ1v) is 18.3. The molecular formula is C41H39ClFN3O8. The van der Waals surface area contributed by atoms with Gasteiger partial charge in [0.05, 0.1) is 67.0 Å². The van der Waals surface area contributed by atoms with Crippen LogP contribution in [0.3, 0.4) is 0 Å². The van der Waals surface area contributed by atoms with Crippen molar-refractivity contribution in [1.29, 1.82) is 0 Å². The van der Waals surface area contributed by atoms with Crippen molar-refractivity contribution in [3.63, 3.8) is 0 Å². The van der Waals surface area contributed by atoms with E-state index in [1.54, 1.807) is 37.3 Å². The highest BCUT2D eigenvalue weighted by Gasteiger charge is 2.67. The topological polar surface area (TPSA) is 126 Å². The van der Waals surface area contributed by atoms with Gasteiger partial charge in [-0.15, -0.1) is 0 Å². The Morgan fingerprint density at radius 1 is 0.870 bits per heavy atom. The van der Waals surface area contributed by atoms with Crippen molar-refractivity contribution in [1.82, 2.24) is 0 Å². The fourth-order valence-corrected chi connectivity index (χ4v) is 9.37. The number of hydrogen-bond donors (Lipinski definition) is 1. The first kappa shape index (κ1) is 35.8. The molecule has 2 aliphatic carbocycles. The standard InChI is InChI=1S/C41H39ClFN3O8/c1-41-29(12-4-22-18-33(52-2)36(47)34(19-22)53-3)26-10-11-27-35(28(26)21-30(41)38(49)46(40(41)51)25-9-13-32(43)31(42)20-25)39(50)45(37(27)48)24-7-5-23(6-8-24)44-14-16-54-17-15-44/h4-10,12-13,18-20,27-30,35,47H,11,14-17,21H2,1-3H3/t27-,28+,29-,30-,35-,41-/m0/s1. The van der Waals surface area contributed by atoms with E-state index in [1.165, 1.54) is 31.3 Å². The number of allylic oxidation sites excluding steroid dienone is 3. The second kappa shape index (κ2) is 13.6. The lowest BCUT2D eigenvalue weighted by Gasteiger charge is -2.47. The van der Waals surface area contributed by atoms with Crippen LogP contribution in [0.5, 0.6) is 17.2 Å². The van der Waals surface area contributed by atoms with E-state index in [0.29, 0.717) is 24.5 Å². The minimum atomic E-state index is -1.31. The molecule has 3 aromatic rings. The van der Waals surface area contributed by atoms with Gasteiger partial charge in [0.2, 0.25) is 29.4 Å². The minimum Gasteiger partial charge on any atom is -0.502 e. The summed E-state index contributed by atoms with van der Waals surface area (Å²) in [6.07, 6.45) is 6.02. The predicted molar refractivity (Wildman–Crippen MR) is 199 cm³/mol. The van der Waals surface area contributed by atoms with Crippen LogP contribution in [-0.4, -0.2) is 69.3 Å². The quantitative estimate of drug-likeness (QED) is 0.228. The Hall–Kier alpha value is -5.20. The zero-order valence-electron chi connectivity index (χ0n) is 30.0. The Bertz CT molecular complexity index is 2110. The third kappa shape index (κ3) is 5.48. The van der Waals surface area contributed by atoms with Gasteiger partial charge >= 0.3 is 0 Å². The summed E-state index contributed by atoms with van der Waals surface area (Å²) in [7, 11) is 2.84. The molecule has 54 heavy (non-hydrogen) atoms. The van der Waals surface area contributed by atoms with Crippen molar-refractivity contribution in [3.05, 3.63) is 88.7 Å². The first-order valence-electron chi connectivity index (χ1n) is 17.9. The highest BCUT2D eigenvalue weighted by Crippen LogP contribution is 2.61. The molecule has 3 saturated heterocycles. The maximum absolute atomic E-state index is 14.6. The van der Waals surface area contributed by atoms with Gasteiger partial charge in [-0.25, -0.2) is 9.29 Å². The Labute approximate surface area is 316 Å². The number of phenols is 1. The van der Waals surface area contributed by atoms with Gasteiger partial charge in [0.15, 0.2) is 11.5 Å². The molecule has 280 valence electrons. The lowest BCUT2D eigenvalue weighted by Crippen LogP contribution is -2.49. The first-order chi connectivity index (χ1) is 26.0. The van der Waals surface area contributed by atoms with E-state index in [4.69, 9.17) is 25.8 Å². The van der Waals surface area contributed by atoms with Crippen LogP contribution in [0.15, 0.2) is 72.3 Å². The third-order valence-electron chi connectivity index (χ3n) is 12.0. The number of nitrogens with zero attached hydrogens (tertiary/aromatic N) is 3. The van der Waals surface area contributed by atoms with Crippen LogP contribution < -0.4 is 24.2 Å². The molecule has 0 bridgehead atoms. The fraction of sp³-hybridized carbons (Fsp3) is 0.366. The van der Waals surface area contributed by atoms with Crippen molar-refractivity contribution in [2.45, 2.75) is 19.8 Å². The minimum absolute atomic E-state index is 0.149. The molecule has 4 fully saturated rings. The van der Waals surface area contributed by atoms with Crippen molar-refractivity contribution in [3.8, 4) is 17.2 Å². The second-order valence-electron chi connectivity index (χ2n) is 14.6. The SMILES string of the molecule is COc1cc(C=C[C@H]2C3=CC[C@@H]4C(=O)N(c5ccc(N6CCOCC6)cc5)C(=O)[C@@H]4[C@@H]3C[C@H]3C(=O)N(c4ccc(F)c(Cl)c4)C(=O)[C@@]23C)cc(OC)c1O. The number of imide groups is 2. The fourth-order valence-electron chi connectivity index (χ4n) is 9.19. The number of methoxy groups -OCH3 is 2. The lowest BCUT2D eigenvalue weighted by atomic mass is 9.52. The number of aromatic hydroxyl groups is 1. The van der Waals surface area contributed by atoms with Gasteiger partial charge in [0.25, 0.3) is 0 Å². The summed E-state index contributed by atoms with van der Waals surface area (Å²) < 4.78 is 30.4. The molecule has 3 aromatic carbocycles. The number of morpholine rings is 1. The van der Waals surface area contributed by atoms with Gasteiger partial charge in [-0.2, -0.15) is 0 Å². The van der Waals surface area contributed by atoms with Gasteiger partial charge in [0, 0.05) is 24.7 Å². The molecular weight excluding hydrogens is 717 g/mol. The highest BCUT2D eigenvalue weighted by atomic mass is 35.5. The maximum atomic E-state index is 14.6. The Morgan fingerprint density at radius 2 is 1.52 bits per heavy atom. The number of fused-ring (bicyclic) bond motifs is 4. The summed E-state index contributed by atoms with van der Waals surface area (Å²) in [6, 6.07) is 14.4. The maximum Gasteiger partial charge on any atom is 0.241 e. The van der Waals surface area contributed by atoms with E-state index < -0.39 is 52.6 Å². The molecule has 5 aliphatic rings. The number of hydrogen-bond acceptors (Lipinski definition) is 9. The number of anilines is 3. The van der Waals surface area contributed by atoms with Crippen molar-refractivity contribution < 1.29 is 42.9 Å². The molecule has 3 heterocycles. The van der Waals surface area contributed by atoms with Crippen molar-refractivity contribution in [2.24, 2.45) is 35.0 Å². The molecule has 4 amide bonds. The van der Waals surface area contributed by atoms with E-state index >= 15 is 0 Å². The molecule has 0 spiro atoms. The van der Waals surface area contributed by atoms with E-state index in [9.17, 15) is 28.7 Å². The van der Waals surface area contributed by atoms with Gasteiger partial charge in [-0.1, -0.05) is 35.4 Å². The summed E-state index contributed by atoms with van der Waals surface area (Å²) in [4.78, 5) is 62.2. The van der Waals surface area contributed by atoms with Crippen molar-refractivity contribution in [2.75, 3.05) is 55.2 Å². The lowest BCUT2D eigenvalue weighted by molar-refractivity contribution is -0.132. The second-order valence-corrected chi connectivity index (χ2v) is 15.0. The largest absolute Gasteiger partial charge is 0.502 e. The van der Waals surface area contributed by atoms with Gasteiger partial charge in [0.1, 0.15) is 5.82 Å². The Morgan fingerprint density at radius 3 is 2.17 bits per heavy atom. The molecule has 0 unspecified atom stereocenters. The monoisotopic (exact) mass is 755 g/mol. The van der Waals surface area contributed by atoms with Crippen molar-refractivity contribution >= 4 is 58.4 Å². The number of ether oxygens (including phenoxy) is 3. The summed E-state index contributed by atoms with van der Waals surface area (Å²) >= 11 is 6.12. The van der Waals surface area contributed by atoms with Crippen LogP contribution >= 0.6 is 11.6 Å². The van der Waals surface area contributed by atoms with Crippen LogP contribution in [0.4, 0.5) is 21.5 Å². The van der Waals surface area contributed by atoms with E-state index in [0.717, 1.165) is 35.3 Å². The summed E-state index contributed by atoms with van der Waals surface area (Å²) in [5, 5.41) is 10.3. The summed E-state index contributed by atoms with van der Waals surface area (Å²) in [5.41, 5.74) is 1.69. The number of carbonyl (C=O) groups is 4. The van der Waals surface area contributed by atoms with Gasteiger partial charge < -0.3 is 24.2 Å². The predicted octanol–water partition coefficient (Wildman–Crippen LogP) is 6.02. The Balaban J connectivity index is 1.18. The molecule has 0 aromatic heterocycles. The molecule has 11 nitrogen and oxygen atoms in total. The molecule has 0 radical (unpaired) electrons. The number of phenolic OH excluding ortho intramolecular Hbond substituents is 1. The van der Waals surface area contributed by atoms with E-state index in [-0.39, 0.29) is 52.6 Å². The molecule has 13 heteroatoms. The van der Waals surface area contributed by atoms with Crippen LogP contribution in [0.2, 0.25) is 5.02 Å². The van der Waals surface area contributed by atoms with Crippen LogP contribution in [-0.2, 0) is 23.9 Å². The zero-order valence-corrected chi connectivity index (χ0v) is 30.7. The number of halogens is 2. The van der Waals surface area contributed by atoms with Gasteiger partial charge in [-0.05, 0) is 85.8 Å². The average molecular weight is 756 g/mol. The average Bonchev–Trinajstić information content (AvgIpc) is 3.55. The molecule has 1 N–H and O–H groups in total. The number of rotatable bonds is 7. The third-order valence-corrected chi connectivity index (χ3v) is 12.3. The smallest absolute Gasteiger partial charge is 0.241 e. The highest BCUT2D eigenvalue weighted by molar-refractivity contribution is 6.31.